The second kappa shape index (κ2) is 11.9. The first-order chi connectivity index (χ1) is 25.7. The number of rotatable bonds is 5. The minimum atomic E-state index is 0.485. The van der Waals surface area contributed by atoms with Gasteiger partial charge in [-0.2, -0.15) is 15.2 Å². The predicted molar refractivity (Wildman–Crippen MR) is 210 cm³/mol. The van der Waals surface area contributed by atoms with Gasteiger partial charge in [-0.3, -0.25) is 4.57 Å². The highest BCUT2D eigenvalue weighted by molar-refractivity contribution is 6.11. The number of benzene rings is 7. The molecule has 0 saturated heterocycles. The molecule has 3 aromatic heterocycles. The van der Waals surface area contributed by atoms with E-state index < -0.39 is 0 Å². The Balaban J connectivity index is 1.21. The van der Waals surface area contributed by atoms with Crippen LogP contribution >= 0.6 is 0 Å². The lowest BCUT2D eigenvalue weighted by Gasteiger charge is -2.12. The van der Waals surface area contributed by atoms with Crippen molar-refractivity contribution >= 4 is 43.6 Å². The summed E-state index contributed by atoms with van der Waals surface area (Å²) in [5.41, 5.74) is 9.72. The van der Waals surface area contributed by atoms with Crippen LogP contribution < -0.4 is 0 Å². The zero-order chi connectivity index (χ0) is 34.6. The lowest BCUT2D eigenvalue weighted by molar-refractivity contribution is 0.953. The molecule has 0 aliphatic carbocycles. The molecule has 0 fully saturated rings. The summed E-state index contributed by atoms with van der Waals surface area (Å²) in [5.74, 6) is 1.64. The fourth-order valence-corrected chi connectivity index (χ4v) is 7.41. The Labute approximate surface area is 299 Å². The number of aromatic nitrogens is 5. The molecular formula is C46H28N6. The van der Waals surface area contributed by atoms with Crippen LogP contribution in [-0.4, -0.2) is 24.1 Å². The Morgan fingerprint density at radius 2 is 0.904 bits per heavy atom. The van der Waals surface area contributed by atoms with Crippen LogP contribution in [0.1, 0.15) is 5.56 Å². The topological polar surface area (TPSA) is 72.3 Å². The van der Waals surface area contributed by atoms with Crippen molar-refractivity contribution < 1.29 is 0 Å². The summed E-state index contributed by atoms with van der Waals surface area (Å²) in [4.78, 5) is 15.1. The van der Waals surface area contributed by atoms with E-state index in [-0.39, 0.29) is 0 Å². The predicted octanol–water partition coefficient (Wildman–Crippen LogP) is 10.9. The van der Waals surface area contributed by atoms with E-state index >= 15 is 0 Å². The van der Waals surface area contributed by atoms with Crippen LogP contribution in [0.5, 0.6) is 0 Å². The maximum atomic E-state index is 9.95. The van der Waals surface area contributed by atoms with Crippen molar-refractivity contribution in [1.82, 2.24) is 24.1 Å². The highest BCUT2D eigenvalue weighted by Crippen LogP contribution is 2.37. The molecule has 0 radical (unpaired) electrons. The summed E-state index contributed by atoms with van der Waals surface area (Å²) in [7, 11) is 0. The Morgan fingerprint density at radius 1 is 0.385 bits per heavy atom. The van der Waals surface area contributed by atoms with Crippen LogP contribution in [0.2, 0.25) is 0 Å². The molecule has 0 spiro atoms. The fourth-order valence-electron chi connectivity index (χ4n) is 7.41. The Morgan fingerprint density at radius 3 is 1.54 bits per heavy atom. The summed E-state index contributed by atoms with van der Waals surface area (Å²) < 4.78 is 4.42. The highest BCUT2D eigenvalue weighted by Gasteiger charge is 2.19. The molecule has 0 aliphatic rings. The average molecular weight is 665 g/mol. The van der Waals surface area contributed by atoms with E-state index in [0.717, 1.165) is 49.7 Å². The van der Waals surface area contributed by atoms with E-state index in [0.29, 0.717) is 23.2 Å². The average Bonchev–Trinajstić information content (AvgIpc) is 3.73. The Bertz CT molecular complexity index is 2910. The number of fused-ring (bicyclic) bond motifs is 6. The standard InChI is InChI=1S/C46H28N6/c47-29-30-22-24-38-39-25-23-34(33-16-11-17-35(27-33)51-40-20-9-7-18-36(40)37-19-8-10-21-41(37)51)28-43(39)52(42(38)26-30)46-49-44(31-12-3-1-4-13-31)48-45(50-46)32-14-5-2-6-15-32/h1-28H. The molecule has 3 heterocycles. The zero-order valence-electron chi connectivity index (χ0n) is 27.8. The van der Waals surface area contributed by atoms with Crippen LogP contribution in [0, 0.1) is 11.3 Å². The van der Waals surface area contributed by atoms with Crippen molar-refractivity contribution in [3.63, 3.8) is 0 Å². The molecule has 52 heavy (non-hydrogen) atoms. The van der Waals surface area contributed by atoms with Gasteiger partial charge in [0.1, 0.15) is 0 Å². The van der Waals surface area contributed by atoms with Crippen LogP contribution in [0.4, 0.5) is 0 Å². The van der Waals surface area contributed by atoms with Gasteiger partial charge in [0, 0.05) is 38.4 Å². The van der Waals surface area contributed by atoms with Gasteiger partial charge >= 0.3 is 0 Å². The van der Waals surface area contributed by atoms with Crippen LogP contribution in [0.25, 0.3) is 89.2 Å². The molecule has 7 aromatic carbocycles. The van der Waals surface area contributed by atoms with E-state index in [2.05, 4.69) is 106 Å². The lowest BCUT2D eigenvalue weighted by Crippen LogP contribution is -2.06. The molecule has 0 N–H and O–H groups in total. The van der Waals surface area contributed by atoms with E-state index in [1.54, 1.807) is 0 Å². The first-order valence-corrected chi connectivity index (χ1v) is 17.2. The second-order valence-corrected chi connectivity index (χ2v) is 12.8. The SMILES string of the molecule is N#Cc1ccc2c3ccc(-c4cccc(-n5c6ccccc6c6ccccc65)c4)cc3n(-c3nc(-c4ccccc4)nc(-c4ccccc4)n3)c2c1. The van der Waals surface area contributed by atoms with Gasteiger partial charge in [0.2, 0.25) is 5.95 Å². The number of hydrogen-bond donors (Lipinski definition) is 0. The van der Waals surface area contributed by atoms with Gasteiger partial charge in [-0.1, -0.05) is 127 Å². The van der Waals surface area contributed by atoms with Crippen LogP contribution in [0.3, 0.4) is 0 Å². The third-order valence-electron chi connectivity index (χ3n) is 9.80. The van der Waals surface area contributed by atoms with Gasteiger partial charge in [0.05, 0.1) is 33.7 Å². The summed E-state index contributed by atoms with van der Waals surface area (Å²) in [6, 6.07) is 60.5. The second-order valence-electron chi connectivity index (χ2n) is 12.8. The van der Waals surface area contributed by atoms with E-state index in [1.165, 1.54) is 21.8 Å². The van der Waals surface area contributed by atoms with Crippen molar-refractivity contribution in [3.8, 4) is 51.6 Å². The molecule has 0 atom stereocenters. The molecule has 0 saturated carbocycles. The van der Waals surface area contributed by atoms with Crippen LogP contribution in [0.15, 0.2) is 170 Å². The molecule has 6 heteroatoms. The minimum absolute atomic E-state index is 0.485. The van der Waals surface area contributed by atoms with Gasteiger partial charge in [0.25, 0.3) is 0 Å². The van der Waals surface area contributed by atoms with Gasteiger partial charge < -0.3 is 4.57 Å². The normalized spacial score (nSPS) is 11.4. The first kappa shape index (κ1) is 29.5. The van der Waals surface area contributed by atoms with Crippen molar-refractivity contribution in [2.75, 3.05) is 0 Å². The molecule has 6 nitrogen and oxygen atoms in total. The summed E-state index contributed by atoms with van der Waals surface area (Å²) in [5, 5.41) is 14.5. The van der Waals surface area contributed by atoms with Crippen LogP contribution in [-0.2, 0) is 0 Å². The molecule has 0 unspecified atom stereocenters. The van der Waals surface area contributed by atoms with E-state index in [9.17, 15) is 5.26 Å². The first-order valence-electron chi connectivity index (χ1n) is 17.2. The number of para-hydroxylation sites is 2. The van der Waals surface area contributed by atoms with Crippen molar-refractivity contribution in [2.45, 2.75) is 0 Å². The summed E-state index contributed by atoms with van der Waals surface area (Å²) >= 11 is 0. The van der Waals surface area contributed by atoms with Gasteiger partial charge in [-0.15, -0.1) is 0 Å². The van der Waals surface area contributed by atoms with Gasteiger partial charge in [-0.25, -0.2) is 4.98 Å². The molecule has 10 aromatic rings. The highest BCUT2D eigenvalue weighted by atomic mass is 15.2. The quantitative estimate of drug-likeness (QED) is 0.184. The zero-order valence-corrected chi connectivity index (χ0v) is 27.8. The third-order valence-corrected chi connectivity index (χ3v) is 9.80. The number of hydrogen-bond acceptors (Lipinski definition) is 4. The molecule has 242 valence electrons. The Kier molecular flexibility index (Phi) is 6.76. The largest absolute Gasteiger partial charge is 0.309 e. The smallest absolute Gasteiger partial charge is 0.238 e. The van der Waals surface area contributed by atoms with Gasteiger partial charge in [0.15, 0.2) is 11.6 Å². The number of nitriles is 1. The maximum Gasteiger partial charge on any atom is 0.238 e. The lowest BCUT2D eigenvalue weighted by atomic mass is 10.0. The van der Waals surface area contributed by atoms with E-state index in [1.807, 2.05) is 78.9 Å². The molecular weight excluding hydrogens is 637 g/mol. The van der Waals surface area contributed by atoms with Crippen molar-refractivity contribution in [2.24, 2.45) is 0 Å². The summed E-state index contributed by atoms with van der Waals surface area (Å²) in [6.07, 6.45) is 0. The molecule has 10 rings (SSSR count). The molecule has 0 bridgehead atoms. The molecule has 0 amide bonds. The fraction of sp³-hybridized carbons (Fsp3) is 0. The minimum Gasteiger partial charge on any atom is -0.309 e. The van der Waals surface area contributed by atoms with Crippen molar-refractivity contribution in [3.05, 3.63) is 175 Å². The number of nitrogens with zero attached hydrogens (tertiary/aromatic N) is 6. The molecule has 0 aliphatic heterocycles. The van der Waals surface area contributed by atoms with E-state index in [4.69, 9.17) is 15.0 Å². The Hall–Kier alpha value is -7.36. The van der Waals surface area contributed by atoms with Crippen molar-refractivity contribution in [1.29, 1.82) is 5.26 Å². The maximum absolute atomic E-state index is 9.95. The van der Waals surface area contributed by atoms with Gasteiger partial charge in [-0.05, 0) is 53.6 Å². The summed E-state index contributed by atoms with van der Waals surface area (Å²) in [6.45, 7) is 0. The third kappa shape index (κ3) is 4.76. The monoisotopic (exact) mass is 664 g/mol.